The van der Waals surface area contributed by atoms with E-state index in [-0.39, 0.29) is 22.4 Å². The van der Waals surface area contributed by atoms with Crippen molar-refractivity contribution in [1.29, 1.82) is 0 Å². The molecule has 0 bridgehead atoms. The maximum atomic E-state index is 12.8. The molecule has 7 nitrogen and oxygen atoms in total. The maximum absolute atomic E-state index is 12.8. The quantitative estimate of drug-likeness (QED) is 0.454. The van der Waals surface area contributed by atoms with Gasteiger partial charge in [0.2, 0.25) is 5.82 Å². The average Bonchev–Trinajstić information content (AvgIpc) is 2.48. The van der Waals surface area contributed by atoms with E-state index in [2.05, 4.69) is 21.2 Å². The van der Waals surface area contributed by atoms with Gasteiger partial charge in [0.1, 0.15) is 5.82 Å². The monoisotopic (exact) mass is 307 g/mol. The highest BCUT2D eigenvalue weighted by atomic mass is 32.1. The van der Waals surface area contributed by atoms with E-state index < -0.39 is 4.92 Å². The summed E-state index contributed by atoms with van der Waals surface area (Å²) in [4.78, 5) is 14.1. The van der Waals surface area contributed by atoms with Crippen molar-refractivity contribution in [2.24, 2.45) is 0 Å². The van der Waals surface area contributed by atoms with Gasteiger partial charge in [-0.3, -0.25) is 21.0 Å². The summed E-state index contributed by atoms with van der Waals surface area (Å²) >= 11 is 5.00. The number of anilines is 2. The minimum atomic E-state index is -0.562. The van der Waals surface area contributed by atoms with E-state index in [1.807, 2.05) is 0 Å². The molecule has 0 radical (unpaired) electrons. The van der Waals surface area contributed by atoms with E-state index in [0.717, 1.165) is 0 Å². The zero-order valence-electron chi connectivity index (χ0n) is 10.5. The zero-order chi connectivity index (χ0) is 15.2. The molecular formula is C12H10FN5O2S. The van der Waals surface area contributed by atoms with Crippen LogP contribution in [0.5, 0.6) is 0 Å². The third-order valence-corrected chi connectivity index (χ3v) is 2.58. The Hall–Kier alpha value is -2.81. The van der Waals surface area contributed by atoms with Crippen LogP contribution in [0.2, 0.25) is 0 Å². The van der Waals surface area contributed by atoms with Gasteiger partial charge in [-0.15, -0.1) is 0 Å². The summed E-state index contributed by atoms with van der Waals surface area (Å²) < 4.78 is 12.8. The van der Waals surface area contributed by atoms with Gasteiger partial charge in [-0.05, 0) is 42.5 Å². The lowest BCUT2D eigenvalue weighted by Gasteiger charge is -2.11. The van der Waals surface area contributed by atoms with Gasteiger partial charge in [0.25, 0.3) is 0 Å². The van der Waals surface area contributed by atoms with Crippen LogP contribution in [0.1, 0.15) is 0 Å². The largest absolute Gasteiger partial charge is 0.331 e. The first-order chi connectivity index (χ1) is 10.1. The van der Waals surface area contributed by atoms with Crippen LogP contribution in [0, 0.1) is 15.9 Å². The van der Waals surface area contributed by atoms with Crippen LogP contribution in [-0.4, -0.2) is 15.0 Å². The van der Waals surface area contributed by atoms with Crippen molar-refractivity contribution in [3.63, 3.8) is 0 Å². The Kier molecular flexibility index (Phi) is 4.57. The molecule has 0 spiro atoms. The lowest BCUT2D eigenvalue weighted by molar-refractivity contribution is -0.384. The highest BCUT2D eigenvalue weighted by molar-refractivity contribution is 7.80. The normalized spacial score (nSPS) is 9.76. The minimum absolute atomic E-state index is 0.0331. The minimum Gasteiger partial charge on any atom is -0.331 e. The van der Waals surface area contributed by atoms with Gasteiger partial charge in [0, 0.05) is 18.0 Å². The highest BCUT2D eigenvalue weighted by Crippen LogP contribution is 2.19. The van der Waals surface area contributed by atoms with E-state index in [1.54, 1.807) is 0 Å². The summed E-state index contributed by atoms with van der Waals surface area (Å²) in [6.45, 7) is 0. The summed E-state index contributed by atoms with van der Waals surface area (Å²) in [5.74, 6) is -0.326. The second-order valence-electron chi connectivity index (χ2n) is 3.84. The number of hydrogen-bond acceptors (Lipinski definition) is 5. The number of halogens is 1. The van der Waals surface area contributed by atoms with Crippen LogP contribution in [-0.2, 0) is 0 Å². The van der Waals surface area contributed by atoms with Crippen molar-refractivity contribution < 1.29 is 9.31 Å². The summed E-state index contributed by atoms with van der Waals surface area (Å²) in [5.41, 5.74) is 5.50. The van der Waals surface area contributed by atoms with Crippen LogP contribution in [0.25, 0.3) is 0 Å². The van der Waals surface area contributed by atoms with E-state index in [0.29, 0.717) is 5.69 Å². The first-order valence-corrected chi connectivity index (χ1v) is 6.15. The summed E-state index contributed by atoms with van der Waals surface area (Å²) in [6, 6.07) is 8.34. The molecule has 0 unspecified atom stereocenters. The fraction of sp³-hybridized carbons (Fsp3) is 0. The first kappa shape index (κ1) is 14.6. The molecule has 2 rings (SSSR count). The Morgan fingerprint density at radius 3 is 2.67 bits per heavy atom. The molecule has 0 atom stereocenters. The summed E-state index contributed by atoms with van der Waals surface area (Å²) in [5, 5.41) is 13.7. The number of nitro groups is 1. The Labute approximate surface area is 124 Å². The lowest BCUT2D eigenvalue weighted by atomic mass is 10.3. The molecule has 3 N–H and O–H groups in total. The average molecular weight is 307 g/mol. The molecule has 0 aliphatic heterocycles. The lowest BCUT2D eigenvalue weighted by Crippen LogP contribution is -2.33. The molecule has 0 amide bonds. The predicted molar refractivity (Wildman–Crippen MR) is 80.3 cm³/mol. The van der Waals surface area contributed by atoms with Gasteiger partial charge < -0.3 is 5.32 Å². The van der Waals surface area contributed by atoms with Crippen molar-refractivity contribution in [3.8, 4) is 0 Å². The molecule has 2 aromatic rings. The molecule has 0 saturated carbocycles. The van der Waals surface area contributed by atoms with Crippen molar-refractivity contribution in [2.45, 2.75) is 0 Å². The number of pyridine rings is 1. The second kappa shape index (κ2) is 6.57. The Bertz CT molecular complexity index is 665. The van der Waals surface area contributed by atoms with E-state index in [1.165, 1.54) is 42.6 Å². The van der Waals surface area contributed by atoms with Crippen molar-refractivity contribution in [3.05, 3.63) is 58.5 Å². The fourth-order valence-electron chi connectivity index (χ4n) is 1.45. The van der Waals surface area contributed by atoms with Crippen molar-refractivity contribution in [1.82, 2.24) is 10.4 Å². The number of hydrogen-bond donors (Lipinski definition) is 3. The van der Waals surface area contributed by atoms with E-state index in [4.69, 9.17) is 12.2 Å². The SMILES string of the molecule is O=[N+]([O-])c1cccnc1NNC(=S)Nc1ccc(F)cc1. The van der Waals surface area contributed by atoms with Gasteiger partial charge in [-0.1, -0.05) is 0 Å². The predicted octanol–water partition coefficient (Wildman–Crippen LogP) is 2.44. The number of benzene rings is 1. The van der Waals surface area contributed by atoms with Crippen LogP contribution in [0.15, 0.2) is 42.6 Å². The molecular weight excluding hydrogens is 297 g/mol. The van der Waals surface area contributed by atoms with Gasteiger partial charge in [0.05, 0.1) is 4.92 Å². The second-order valence-corrected chi connectivity index (χ2v) is 4.25. The Balaban J connectivity index is 1.95. The van der Waals surface area contributed by atoms with Crippen LogP contribution < -0.4 is 16.2 Å². The van der Waals surface area contributed by atoms with Gasteiger partial charge in [-0.25, -0.2) is 9.37 Å². The molecule has 0 fully saturated rings. The van der Waals surface area contributed by atoms with E-state index >= 15 is 0 Å². The molecule has 1 aromatic carbocycles. The molecule has 108 valence electrons. The number of thiocarbonyl (C=S) groups is 1. The smallest absolute Gasteiger partial charge is 0.313 e. The Morgan fingerprint density at radius 1 is 1.29 bits per heavy atom. The van der Waals surface area contributed by atoms with Crippen LogP contribution in [0.3, 0.4) is 0 Å². The number of aromatic nitrogens is 1. The summed E-state index contributed by atoms with van der Waals surface area (Å²) in [6.07, 6.45) is 1.41. The molecule has 21 heavy (non-hydrogen) atoms. The molecule has 0 aliphatic carbocycles. The first-order valence-electron chi connectivity index (χ1n) is 5.74. The molecule has 1 heterocycles. The van der Waals surface area contributed by atoms with Crippen molar-refractivity contribution in [2.75, 3.05) is 10.7 Å². The summed E-state index contributed by atoms with van der Waals surface area (Å²) in [7, 11) is 0. The third-order valence-electron chi connectivity index (χ3n) is 2.38. The van der Waals surface area contributed by atoms with Gasteiger partial charge in [-0.2, -0.15) is 0 Å². The number of nitrogens with zero attached hydrogens (tertiary/aromatic N) is 2. The zero-order valence-corrected chi connectivity index (χ0v) is 11.4. The molecule has 0 saturated heterocycles. The molecule has 1 aromatic heterocycles. The van der Waals surface area contributed by atoms with Crippen molar-refractivity contribution >= 4 is 34.5 Å². The standard InChI is InChI=1S/C12H10FN5O2S/c13-8-3-5-9(6-4-8)15-12(21)17-16-11-10(18(19)20)2-1-7-14-11/h1-7H,(H,14,16)(H2,15,17,21). The number of rotatable bonds is 4. The maximum Gasteiger partial charge on any atom is 0.313 e. The van der Waals surface area contributed by atoms with E-state index in [9.17, 15) is 14.5 Å². The van der Waals surface area contributed by atoms with Gasteiger partial charge in [0.15, 0.2) is 5.11 Å². The molecule has 0 aliphatic rings. The third kappa shape index (κ3) is 4.08. The number of hydrazine groups is 1. The highest BCUT2D eigenvalue weighted by Gasteiger charge is 2.13. The van der Waals surface area contributed by atoms with Crippen LogP contribution >= 0.6 is 12.2 Å². The molecule has 9 heteroatoms. The topological polar surface area (TPSA) is 92.1 Å². The van der Waals surface area contributed by atoms with Gasteiger partial charge >= 0.3 is 5.69 Å². The number of nitrogens with one attached hydrogen (secondary N) is 3. The van der Waals surface area contributed by atoms with Crippen LogP contribution in [0.4, 0.5) is 21.6 Å². The fourth-order valence-corrected chi connectivity index (χ4v) is 1.62. The Morgan fingerprint density at radius 2 is 2.00 bits per heavy atom.